The van der Waals surface area contributed by atoms with Crippen molar-refractivity contribution < 1.29 is 4.79 Å². The average Bonchev–Trinajstić information content (AvgIpc) is 2.50. The first-order valence-corrected chi connectivity index (χ1v) is 5.04. The van der Waals surface area contributed by atoms with Crippen LogP contribution in [0.3, 0.4) is 0 Å². The number of carbonyl (C=O) groups is 1. The number of rotatable bonds is 1. The van der Waals surface area contributed by atoms with Gasteiger partial charge in [-0.15, -0.1) is 0 Å². The second kappa shape index (κ2) is 3.35. The summed E-state index contributed by atoms with van der Waals surface area (Å²) in [7, 11) is 0. The third kappa shape index (κ3) is 2.02. The molecule has 0 aromatic carbocycles. The highest BCUT2D eigenvalue weighted by Gasteiger charge is 2.15. The number of hydrogen-bond donors (Lipinski definition) is 0. The van der Waals surface area contributed by atoms with E-state index in [2.05, 4.69) is 25.0 Å². The number of aromatic nitrogens is 2. The van der Waals surface area contributed by atoms with Gasteiger partial charge in [0.05, 0.1) is 5.69 Å². The quantitative estimate of drug-likeness (QED) is 0.685. The molecule has 1 aliphatic rings. The van der Waals surface area contributed by atoms with E-state index in [1.165, 1.54) is 0 Å². The van der Waals surface area contributed by atoms with Crippen LogP contribution in [0.15, 0.2) is 18.2 Å². The first-order chi connectivity index (χ1) is 6.98. The predicted octanol–water partition coefficient (Wildman–Crippen LogP) is 2.79. The van der Waals surface area contributed by atoms with Gasteiger partial charge in [-0.2, -0.15) is 5.10 Å². The molecule has 0 amide bonds. The van der Waals surface area contributed by atoms with Crippen LogP contribution in [0.25, 0.3) is 12.3 Å². The molecule has 0 saturated heterocycles. The number of nitrogens with zero attached hydrogens (tertiary/aromatic N) is 2. The van der Waals surface area contributed by atoms with Gasteiger partial charge >= 0.3 is 0 Å². The van der Waals surface area contributed by atoms with Crippen molar-refractivity contribution in [2.45, 2.75) is 13.8 Å². The van der Waals surface area contributed by atoms with Crippen molar-refractivity contribution in [3.8, 4) is 0 Å². The first kappa shape index (κ1) is 10.2. The van der Waals surface area contributed by atoms with Gasteiger partial charge in [-0.05, 0) is 23.7 Å². The molecule has 2 rings (SSSR count). The fourth-order valence-electron chi connectivity index (χ4n) is 1.37. The van der Waals surface area contributed by atoms with E-state index in [1.54, 1.807) is 10.7 Å². The van der Waals surface area contributed by atoms with Gasteiger partial charge in [0.25, 0.3) is 5.24 Å². The van der Waals surface area contributed by atoms with Crippen molar-refractivity contribution in [1.29, 1.82) is 0 Å². The van der Waals surface area contributed by atoms with E-state index in [9.17, 15) is 4.79 Å². The highest BCUT2D eigenvalue weighted by molar-refractivity contribution is 6.67. The predicted molar refractivity (Wildman–Crippen MR) is 60.6 cm³/mol. The van der Waals surface area contributed by atoms with Gasteiger partial charge in [0.2, 0.25) is 0 Å². The Hall–Kier alpha value is -1.35. The third-order valence-corrected chi connectivity index (χ3v) is 2.49. The monoisotopic (exact) mass is 222 g/mol. The van der Waals surface area contributed by atoms with Crippen LogP contribution in [0, 0.1) is 5.41 Å². The Balaban J connectivity index is 2.47. The Morgan fingerprint density at radius 2 is 2.20 bits per heavy atom. The van der Waals surface area contributed by atoms with E-state index in [0.29, 0.717) is 0 Å². The molecule has 0 atom stereocenters. The SMILES string of the molecule is CC1(C)C=Cc2cc(C(=O)Cl)nn2C=C1. The molecular weight excluding hydrogens is 212 g/mol. The summed E-state index contributed by atoms with van der Waals surface area (Å²) in [6, 6.07) is 1.68. The Morgan fingerprint density at radius 3 is 2.87 bits per heavy atom. The number of hydrogen-bond acceptors (Lipinski definition) is 2. The Bertz CT molecular complexity index is 435. The molecule has 0 saturated carbocycles. The van der Waals surface area contributed by atoms with Crippen molar-refractivity contribution in [3.05, 3.63) is 29.6 Å². The molecule has 1 aromatic heterocycles. The molecule has 0 N–H and O–H groups in total. The number of carbonyl (C=O) groups excluding carboxylic acids is 1. The van der Waals surface area contributed by atoms with E-state index >= 15 is 0 Å². The molecular formula is C11H11ClN2O. The first-order valence-electron chi connectivity index (χ1n) is 4.66. The summed E-state index contributed by atoms with van der Waals surface area (Å²) in [6.45, 7) is 4.19. The minimum absolute atomic E-state index is 0.00579. The van der Waals surface area contributed by atoms with Gasteiger partial charge in [0, 0.05) is 11.6 Å². The molecule has 1 aromatic rings. The largest absolute Gasteiger partial charge is 0.274 e. The maximum absolute atomic E-state index is 10.9. The van der Waals surface area contributed by atoms with Crippen molar-refractivity contribution in [2.75, 3.05) is 0 Å². The van der Waals surface area contributed by atoms with E-state index < -0.39 is 5.24 Å². The molecule has 0 radical (unpaired) electrons. The van der Waals surface area contributed by atoms with Crippen LogP contribution in [0.2, 0.25) is 0 Å². The van der Waals surface area contributed by atoms with Crippen molar-refractivity contribution in [2.24, 2.45) is 5.41 Å². The maximum atomic E-state index is 10.9. The topological polar surface area (TPSA) is 34.9 Å². The van der Waals surface area contributed by atoms with Crippen LogP contribution in [0.1, 0.15) is 30.0 Å². The van der Waals surface area contributed by atoms with Gasteiger partial charge in [-0.1, -0.05) is 26.0 Å². The standard InChI is InChI=1S/C11H11ClN2O/c1-11(2)4-3-8-7-9(10(12)15)13-14(8)6-5-11/h3-7H,1-2H3. The number of allylic oxidation sites excluding steroid dienone is 2. The minimum atomic E-state index is -0.531. The number of fused-ring (bicyclic) bond motifs is 1. The lowest BCUT2D eigenvalue weighted by atomic mass is 9.93. The average molecular weight is 223 g/mol. The highest BCUT2D eigenvalue weighted by Crippen LogP contribution is 2.24. The lowest BCUT2D eigenvalue weighted by Crippen LogP contribution is -2.01. The van der Waals surface area contributed by atoms with Crippen LogP contribution in [-0.4, -0.2) is 15.0 Å². The third-order valence-electron chi connectivity index (χ3n) is 2.29. The van der Waals surface area contributed by atoms with Crippen LogP contribution < -0.4 is 0 Å². The van der Waals surface area contributed by atoms with E-state index in [0.717, 1.165) is 5.69 Å². The van der Waals surface area contributed by atoms with Crippen LogP contribution in [0.4, 0.5) is 0 Å². The molecule has 2 heterocycles. The van der Waals surface area contributed by atoms with Gasteiger partial charge < -0.3 is 0 Å². The second-order valence-electron chi connectivity index (χ2n) is 4.14. The summed E-state index contributed by atoms with van der Waals surface area (Å²) in [4.78, 5) is 10.9. The molecule has 0 bridgehead atoms. The van der Waals surface area contributed by atoms with Gasteiger partial charge in [-0.3, -0.25) is 4.79 Å². The zero-order valence-corrected chi connectivity index (χ0v) is 9.32. The molecule has 78 valence electrons. The summed E-state index contributed by atoms with van der Waals surface area (Å²) in [6.07, 6.45) is 7.87. The summed E-state index contributed by atoms with van der Waals surface area (Å²) >= 11 is 5.36. The van der Waals surface area contributed by atoms with E-state index in [4.69, 9.17) is 11.6 Å². The smallest absolute Gasteiger partial charge is 0.272 e. The Kier molecular flexibility index (Phi) is 2.27. The van der Waals surface area contributed by atoms with Gasteiger partial charge in [0.1, 0.15) is 5.69 Å². The molecule has 0 aliphatic carbocycles. The van der Waals surface area contributed by atoms with Gasteiger partial charge in [0.15, 0.2) is 0 Å². The van der Waals surface area contributed by atoms with Crippen molar-refractivity contribution >= 4 is 29.1 Å². The van der Waals surface area contributed by atoms with Crippen LogP contribution in [-0.2, 0) is 0 Å². The second-order valence-corrected chi connectivity index (χ2v) is 4.49. The summed E-state index contributed by atoms with van der Waals surface area (Å²) in [5.74, 6) is 0. The molecule has 0 unspecified atom stereocenters. The molecule has 0 fully saturated rings. The summed E-state index contributed by atoms with van der Waals surface area (Å²) < 4.78 is 1.65. The molecule has 0 spiro atoms. The van der Waals surface area contributed by atoms with Crippen LogP contribution >= 0.6 is 11.6 Å². The normalized spacial score (nSPS) is 17.3. The highest BCUT2D eigenvalue weighted by atomic mass is 35.5. The van der Waals surface area contributed by atoms with Crippen molar-refractivity contribution in [3.63, 3.8) is 0 Å². The fourth-order valence-corrected chi connectivity index (χ4v) is 1.46. The lowest BCUT2D eigenvalue weighted by Gasteiger charge is -2.11. The van der Waals surface area contributed by atoms with Crippen molar-refractivity contribution in [1.82, 2.24) is 9.78 Å². The minimum Gasteiger partial charge on any atom is -0.274 e. The maximum Gasteiger partial charge on any atom is 0.272 e. The zero-order chi connectivity index (χ0) is 11.1. The fraction of sp³-hybridized carbons (Fsp3) is 0.273. The lowest BCUT2D eigenvalue weighted by molar-refractivity contribution is 0.107. The molecule has 4 heteroatoms. The summed E-state index contributed by atoms with van der Waals surface area (Å²) in [5, 5.41) is 3.54. The zero-order valence-electron chi connectivity index (χ0n) is 8.57. The molecule has 15 heavy (non-hydrogen) atoms. The molecule has 1 aliphatic heterocycles. The molecule has 3 nitrogen and oxygen atoms in total. The Morgan fingerprint density at radius 1 is 1.47 bits per heavy atom. The van der Waals surface area contributed by atoms with Gasteiger partial charge in [-0.25, -0.2) is 4.68 Å². The van der Waals surface area contributed by atoms with Crippen LogP contribution in [0.5, 0.6) is 0 Å². The van der Waals surface area contributed by atoms with E-state index in [-0.39, 0.29) is 11.1 Å². The Labute approximate surface area is 93.0 Å². The van der Waals surface area contributed by atoms with E-state index in [1.807, 2.05) is 18.4 Å². The number of halogens is 1. The summed E-state index contributed by atoms with van der Waals surface area (Å²) in [5.41, 5.74) is 1.15.